The predicted octanol–water partition coefficient (Wildman–Crippen LogP) is 3.76. The molecule has 6 rings (SSSR count). The van der Waals surface area contributed by atoms with Crippen LogP contribution >= 0.6 is 11.3 Å². The zero-order valence-corrected chi connectivity index (χ0v) is 24.7. The molecule has 2 aliphatic heterocycles. The van der Waals surface area contributed by atoms with Crippen molar-refractivity contribution in [1.29, 1.82) is 0 Å². The maximum atomic E-state index is 13.4. The Balaban J connectivity index is 1.23. The lowest BCUT2D eigenvalue weighted by atomic mass is 10.0. The lowest BCUT2D eigenvalue weighted by molar-refractivity contribution is -0.117. The number of rotatable bonds is 9. The van der Waals surface area contributed by atoms with Crippen LogP contribution in [0.25, 0.3) is 10.6 Å². The van der Waals surface area contributed by atoms with Gasteiger partial charge in [0, 0.05) is 42.2 Å². The van der Waals surface area contributed by atoms with Gasteiger partial charge in [0.2, 0.25) is 5.91 Å². The van der Waals surface area contributed by atoms with Crippen LogP contribution in [0.15, 0.2) is 30.5 Å². The highest BCUT2D eigenvalue weighted by atomic mass is 32.1. The van der Waals surface area contributed by atoms with E-state index >= 15 is 0 Å². The number of piperidine rings is 1. The summed E-state index contributed by atoms with van der Waals surface area (Å²) in [5.74, 6) is -0.824. The predicted molar refractivity (Wildman–Crippen MR) is 164 cm³/mol. The van der Waals surface area contributed by atoms with Gasteiger partial charge in [-0.15, -0.1) is 21.5 Å². The molecule has 0 bridgehead atoms. The molecule has 0 radical (unpaired) electrons. The van der Waals surface area contributed by atoms with Gasteiger partial charge in [0.25, 0.3) is 11.8 Å². The van der Waals surface area contributed by atoms with E-state index < -0.39 is 12.9 Å². The molecule has 3 aromatic rings. The zero-order chi connectivity index (χ0) is 32.4. The van der Waals surface area contributed by atoms with E-state index in [1.807, 2.05) is 16.3 Å². The van der Waals surface area contributed by atoms with E-state index in [0.717, 1.165) is 51.9 Å². The van der Waals surface area contributed by atoms with E-state index in [4.69, 9.17) is 8.85 Å². The Morgan fingerprint density at radius 2 is 1.84 bits per heavy atom. The average Bonchev–Trinajstić information content (AvgIpc) is 3.51. The van der Waals surface area contributed by atoms with Crippen molar-refractivity contribution in [2.24, 2.45) is 5.92 Å². The largest absolute Gasteiger partial charge is 0.494 e. The first-order chi connectivity index (χ1) is 22.1. The SMILES string of the molecule is [2H]C([2H])([2H])NC(=O)c1nnc(NC(=O)C2CC2)cc1Nc1cccc(-c2ncc(C(=O)N3CCC(N4CCCC4)CC3)s2)c1OC. The molecular weight excluding hydrogens is 568 g/mol. The van der Waals surface area contributed by atoms with Gasteiger partial charge in [-0.05, 0) is 63.7 Å². The number of likely N-dealkylation sites (tertiary alicyclic amines) is 2. The molecule has 12 nitrogen and oxygen atoms in total. The first-order valence-corrected chi connectivity index (χ1v) is 15.4. The normalized spacial score (nSPS) is 18.8. The van der Waals surface area contributed by atoms with Gasteiger partial charge in [-0.1, -0.05) is 6.07 Å². The van der Waals surface area contributed by atoms with Crippen LogP contribution in [0.2, 0.25) is 0 Å². The van der Waals surface area contributed by atoms with Crippen molar-refractivity contribution in [2.75, 3.05) is 50.9 Å². The number of anilines is 3. The minimum Gasteiger partial charge on any atom is -0.494 e. The number of amides is 3. The van der Waals surface area contributed by atoms with Crippen LogP contribution in [0.4, 0.5) is 17.2 Å². The second-order valence-electron chi connectivity index (χ2n) is 11.0. The first-order valence-electron chi connectivity index (χ1n) is 16.0. The molecule has 1 saturated carbocycles. The topological polar surface area (TPSA) is 142 Å². The minimum atomic E-state index is -2.75. The Labute approximate surface area is 258 Å². The Bertz CT molecular complexity index is 1620. The second-order valence-corrected chi connectivity index (χ2v) is 12.0. The summed E-state index contributed by atoms with van der Waals surface area (Å²) in [6.45, 7) is 0.988. The van der Waals surface area contributed by atoms with E-state index in [1.165, 1.54) is 37.4 Å². The van der Waals surface area contributed by atoms with Gasteiger partial charge in [0.1, 0.15) is 9.88 Å². The van der Waals surface area contributed by atoms with Crippen LogP contribution in [0, 0.1) is 5.92 Å². The molecule has 2 aromatic heterocycles. The fraction of sp³-hybridized carbons (Fsp3) is 0.467. The summed E-state index contributed by atoms with van der Waals surface area (Å²) in [6.07, 6.45) is 7.62. The maximum Gasteiger partial charge on any atom is 0.273 e. The standard InChI is InChI=1S/C30H36N8O4S/c1-31-28(40)25-22(16-24(35-36-25)34-27(39)18-8-9-18)33-21-7-5-6-20(26(21)42-2)29-32-17-23(43-29)30(41)38-14-10-19(11-15-38)37-12-3-4-13-37/h5-7,16-19H,3-4,8-15H2,1-2H3,(H,31,40)(H2,33,34,35,39)/i1D3. The van der Waals surface area contributed by atoms with E-state index in [2.05, 4.69) is 30.7 Å². The number of carbonyl (C=O) groups is 3. The van der Waals surface area contributed by atoms with Crippen molar-refractivity contribution in [3.8, 4) is 16.3 Å². The molecule has 3 amide bonds. The minimum absolute atomic E-state index is 0.0367. The summed E-state index contributed by atoms with van der Waals surface area (Å²) in [6, 6.07) is 7.25. The molecule has 0 unspecified atom stereocenters. The first kappa shape index (κ1) is 25.4. The van der Waals surface area contributed by atoms with E-state index in [1.54, 1.807) is 18.3 Å². The van der Waals surface area contributed by atoms with Crippen molar-refractivity contribution < 1.29 is 23.2 Å². The Kier molecular flexibility index (Phi) is 7.47. The summed E-state index contributed by atoms with van der Waals surface area (Å²) in [4.78, 5) is 48.2. The third kappa shape index (κ3) is 6.32. The van der Waals surface area contributed by atoms with Crippen LogP contribution in [-0.2, 0) is 4.79 Å². The molecule has 43 heavy (non-hydrogen) atoms. The van der Waals surface area contributed by atoms with Crippen molar-refractivity contribution in [1.82, 2.24) is 30.3 Å². The highest BCUT2D eigenvalue weighted by Gasteiger charge is 2.31. The lowest BCUT2D eigenvalue weighted by Gasteiger charge is -2.36. The average molecular weight is 608 g/mol. The number of carbonyl (C=O) groups excluding carboxylic acids is 3. The summed E-state index contributed by atoms with van der Waals surface area (Å²) in [5.41, 5.74) is 0.846. The van der Waals surface area contributed by atoms with Gasteiger partial charge in [-0.25, -0.2) is 4.98 Å². The van der Waals surface area contributed by atoms with Gasteiger partial charge >= 0.3 is 0 Å². The van der Waals surface area contributed by atoms with E-state index in [9.17, 15) is 14.4 Å². The van der Waals surface area contributed by atoms with Crippen LogP contribution in [-0.4, -0.2) is 89.0 Å². The van der Waals surface area contributed by atoms with Gasteiger partial charge in [-0.2, -0.15) is 0 Å². The van der Waals surface area contributed by atoms with E-state index in [-0.39, 0.29) is 34.9 Å². The van der Waals surface area contributed by atoms with E-state index in [0.29, 0.717) is 32.9 Å². The summed E-state index contributed by atoms with van der Waals surface area (Å²) < 4.78 is 28.1. The fourth-order valence-corrected chi connectivity index (χ4v) is 6.62. The molecule has 0 spiro atoms. The molecule has 0 atom stereocenters. The number of para-hydroxylation sites is 1. The van der Waals surface area contributed by atoms with Crippen LogP contribution < -0.4 is 20.7 Å². The Morgan fingerprint density at radius 3 is 2.56 bits per heavy atom. The molecule has 3 aliphatic rings. The van der Waals surface area contributed by atoms with Crippen molar-refractivity contribution >= 4 is 46.3 Å². The number of nitrogens with zero attached hydrogens (tertiary/aromatic N) is 5. The molecule has 2 saturated heterocycles. The lowest BCUT2D eigenvalue weighted by Crippen LogP contribution is -2.45. The molecule has 226 valence electrons. The molecule has 1 aliphatic carbocycles. The second kappa shape index (κ2) is 12.6. The number of hydrogen-bond acceptors (Lipinski definition) is 10. The third-order valence-corrected chi connectivity index (χ3v) is 9.18. The fourth-order valence-electron chi connectivity index (χ4n) is 5.71. The monoisotopic (exact) mass is 607 g/mol. The van der Waals surface area contributed by atoms with Crippen LogP contribution in [0.5, 0.6) is 5.75 Å². The Morgan fingerprint density at radius 1 is 1.05 bits per heavy atom. The number of aromatic nitrogens is 3. The van der Waals surface area contributed by atoms with Gasteiger partial charge in [-0.3, -0.25) is 14.4 Å². The zero-order valence-electron chi connectivity index (χ0n) is 26.9. The number of thiazole rings is 1. The van der Waals surface area contributed by atoms with Crippen LogP contribution in [0.1, 0.15) is 62.8 Å². The number of benzene rings is 1. The van der Waals surface area contributed by atoms with Gasteiger partial charge < -0.3 is 30.5 Å². The summed E-state index contributed by atoms with van der Waals surface area (Å²) in [7, 11) is 1.49. The van der Waals surface area contributed by atoms with Gasteiger partial charge in [0.05, 0.1) is 30.2 Å². The summed E-state index contributed by atoms with van der Waals surface area (Å²) >= 11 is 1.27. The number of hydrogen-bond donors (Lipinski definition) is 3. The highest BCUT2D eigenvalue weighted by molar-refractivity contribution is 7.17. The van der Waals surface area contributed by atoms with Crippen molar-refractivity contribution in [3.63, 3.8) is 0 Å². The summed E-state index contributed by atoms with van der Waals surface area (Å²) in [5, 5.41) is 16.2. The van der Waals surface area contributed by atoms with Crippen LogP contribution in [0.3, 0.4) is 0 Å². The number of nitrogens with one attached hydrogen (secondary N) is 3. The van der Waals surface area contributed by atoms with Crippen molar-refractivity contribution in [2.45, 2.75) is 44.6 Å². The molecule has 13 heteroatoms. The number of methoxy groups -OCH3 is 1. The van der Waals surface area contributed by atoms with Crippen molar-refractivity contribution in [3.05, 3.63) is 41.0 Å². The molecule has 3 fully saturated rings. The smallest absolute Gasteiger partial charge is 0.273 e. The third-order valence-electron chi connectivity index (χ3n) is 8.17. The Hall–Kier alpha value is -4.10. The molecular formula is C30H36N8O4S. The van der Waals surface area contributed by atoms with Gasteiger partial charge in [0.15, 0.2) is 17.3 Å². The maximum absolute atomic E-state index is 13.4. The molecule has 1 aromatic carbocycles. The quantitative estimate of drug-likeness (QED) is 0.332. The number of ether oxygens (including phenoxy) is 1. The highest BCUT2D eigenvalue weighted by Crippen LogP contribution is 2.40. The molecule has 3 N–H and O–H groups in total. The molecule has 4 heterocycles.